The molecular weight excluding hydrogens is 220 g/mol. The molecule has 0 bridgehead atoms. The van der Waals surface area contributed by atoms with Crippen molar-refractivity contribution < 1.29 is 4.79 Å². The van der Waals surface area contributed by atoms with Gasteiger partial charge in [0, 0.05) is 17.3 Å². The largest absolute Gasteiger partial charge is 0.354 e. The number of piperidine rings is 1. The Morgan fingerprint density at radius 1 is 1.44 bits per heavy atom. The van der Waals surface area contributed by atoms with E-state index in [4.69, 9.17) is 0 Å². The second-order valence-corrected chi connectivity index (χ2v) is 7.15. The first kappa shape index (κ1) is 13.8. The van der Waals surface area contributed by atoms with Crippen molar-refractivity contribution in [1.29, 1.82) is 0 Å². The van der Waals surface area contributed by atoms with Gasteiger partial charge in [0.2, 0.25) is 5.91 Å². The van der Waals surface area contributed by atoms with E-state index in [1.54, 1.807) is 11.8 Å². The van der Waals surface area contributed by atoms with Crippen LogP contribution >= 0.6 is 11.8 Å². The fraction of sp³-hybridized carbons (Fsp3) is 0.917. The molecule has 1 unspecified atom stereocenters. The molecule has 1 aliphatic rings. The number of carbonyl (C=O) groups is 1. The van der Waals surface area contributed by atoms with Gasteiger partial charge in [0.25, 0.3) is 0 Å². The van der Waals surface area contributed by atoms with Gasteiger partial charge in [0.15, 0.2) is 0 Å². The number of carbonyl (C=O) groups excluding carboxylic acids is 1. The van der Waals surface area contributed by atoms with Crippen molar-refractivity contribution >= 4 is 17.7 Å². The van der Waals surface area contributed by atoms with Gasteiger partial charge in [-0.1, -0.05) is 27.2 Å². The second kappa shape index (κ2) is 6.50. The summed E-state index contributed by atoms with van der Waals surface area (Å²) in [7, 11) is 0. The molecule has 2 N–H and O–H groups in total. The summed E-state index contributed by atoms with van der Waals surface area (Å²) in [4.78, 5) is 11.6. The van der Waals surface area contributed by atoms with Crippen LogP contribution in [0, 0.1) is 0 Å². The van der Waals surface area contributed by atoms with E-state index in [1.807, 2.05) is 0 Å². The predicted molar refractivity (Wildman–Crippen MR) is 70.9 cm³/mol. The molecule has 4 heteroatoms. The molecule has 0 aromatic carbocycles. The maximum absolute atomic E-state index is 11.6. The van der Waals surface area contributed by atoms with Crippen molar-refractivity contribution in [2.24, 2.45) is 0 Å². The SMILES string of the molecule is CC(C)(C)SCC(=O)NCC1CCCCN1. The van der Waals surface area contributed by atoms with Crippen LogP contribution in [0.1, 0.15) is 40.0 Å². The van der Waals surface area contributed by atoms with E-state index in [1.165, 1.54) is 19.3 Å². The first-order chi connectivity index (χ1) is 7.47. The van der Waals surface area contributed by atoms with Crippen molar-refractivity contribution in [3.05, 3.63) is 0 Å². The summed E-state index contributed by atoms with van der Waals surface area (Å²) in [6.07, 6.45) is 3.74. The minimum absolute atomic E-state index is 0.160. The van der Waals surface area contributed by atoms with Crippen LogP contribution in [0.5, 0.6) is 0 Å². The van der Waals surface area contributed by atoms with Gasteiger partial charge in [-0.3, -0.25) is 4.79 Å². The van der Waals surface area contributed by atoms with Crippen molar-refractivity contribution in [2.75, 3.05) is 18.8 Å². The molecule has 1 amide bonds. The number of hydrogen-bond donors (Lipinski definition) is 2. The highest BCUT2D eigenvalue weighted by molar-refractivity contribution is 8.01. The van der Waals surface area contributed by atoms with Gasteiger partial charge in [0.1, 0.15) is 0 Å². The fourth-order valence-electron chi connectivity index (χ4n) is 1.67. The molecule has 94 valence electrons. The van der Waals surface area contributed by atoms with Gasteiger partial charge in [0.05, 0.1) is 5.75 Å². The Kier molecular flexibility index (Phi) is 5.62. The third-order valence-electron chi connectivity index (χ3n) is 2.59. The van der Waals surface area contributed by atoms with E-state index in [0.717, 1.165) is 13.1 Å². The third-order valence-corrected chi connectivity index (χ3v) is 3.87. The summed E-state index contributed by atoms with van der Waals surface area (Å²) in [6.45, 7) is 8.27. The highest BCUT2D eigenvalue weighted by Gasteiger charge is 2.15. The quantitative estimate of drug-likeness (QED) is 0.792. The molecule has 1 atom stereocenters. The molecule has 1 heterocycles. The van der Waals surface area contributed by atoms with Gasteiger partial charge in [-0.25, -0.2) is 0 Å². The number of amides is 1. The smallest absolute Gasteiger partial charge is 0.230 e. The van der Waals surface area contributed by atoms with Crippen molar-refractivity contribution in [2.45, 2.75) is 50.8 Å². The van der Waals surface area contributed by atoms with E-state index in [0.29, 0.717) is 11.8 Å². The van der Waals surface area contributed by atoms with Crippen LogP contribution in [0.4, 0.5) is 0 Å². The number of thioether (sulfide) groups is 1. The molecule has 0 aromatic rings. The summed E-state index contributed by atoms with van der Waals surface area (Å²) < 4.78 is 0.167. The van der Waals surface area contributed by atoms with Gasteiger partial charge < -0.3 is 10.6 Å². The van der Waals surface area contributed by atoms with E-state index >= 15 is 0 Å². The minimum atomic E-state index is 0.160. The highest BCUT2D eigenvalue weighted by Crippen LogP contribution is 2.22. The normalized spacial score (nSPS) is 21.8. The summed E-state index contributed by atoms with van der Waals surface area (Å²) in [5, 5.41) is 6.43. The van der Waals surface area contributed by atoms with Crippen LogP contribution in [0.25, 0.3) is 0 Å². The Bertz CT molecular complexity index is 220. The van der Waals surface area contributed by atoms with Crippen molar-refractivity contribution in [1.82, 2.24) is 10.6 Å². The Morgan fingerprint density at radius 2 is 2.19 bits per heavy atom. The lowest BCUT2D eigenvalue weighted by atomic mass is 10.1. The monoisotopic (exact) mass is 244 g/mol. The van der Waals surface area contributed by atoms with Crippen LogP contribution in [0.2, 0.25) is 0 Å². The van der Waals surface area contributed by atoms with Crippen molar-refractivity contribution in [3.8, 4) is 0 Å². The Labute approximate surface area is 103 Å². The molecule has 0 spiro atoms. The number of hydrogen-bond acceptors (Lipinski definition) is 3. The molecule has 3 nitrogen and oxygen atoms in total. The summed E-state index contributed by atoms with van der Waals surface area (Å²) >= 11 is 1.70. The summed E-state index contributed by atoms with van der Waals surface area (Å²) in [6, 6.07) is 0.484. The molecular formula is C12H24N2OS. The van der Waals surface area contributed by atoms with Crippen LogP contribution < -0.4 is 10.6 Å². The van der Waals surface area contributed by atoms with Crippen molar-refractivity contribution in [3.63, 3.8) is 0 Å². The maximum atomic E-state index is 11.6. The minimum Gasteiger partial charge on any atom is -0.354 e. The molecule has 1 saturated heterocycles. The average Bonchev–Trinajstić information content (AvgIpc) is 2.24. The Balaban J connectivity index is 2.09. The van der Waals surface area contributed by atoms with E-state index < -0.39 is 0 Å². The predicted octanol–water partition coefficient (Wildman–Crippen LogP) is 1.78. The third kappa shape index (κ3) is 6.38. The van der Waals surface area contributed by atoms with Crippen LogP contribution in [-0.2, 0) is 4.79 Å². The molecule has 0 saturated carbocycles. The van der Waals surface area contributed by atoms with Crippen LogP contribution in [0.15, 0.2) is 0 Å². The summed E-state index contributed by atoms with van der Waals surface area (Å²) in [5.74, 6) is 0.725. The van der Waals surface area contributed by atoms with Crippen LogP contribution in [-0.4, -0.2) is 35.5 Å². The zero-order valence-corrected chi connectivity index (χ0v) is 11.5. The first-order valence-corrected chi connectivity index (χ1v) is 7.10. The molecule has 0 aliphatic carbocycles. The standard InChI is InChI=1S/C12H24N2OS/c1-12(2,3)16-9-11(15)14-8-10-6-4-5-7-13-10/h10,13H,4-9H2,1-3H3,(H,14,15). The molecule has 0 radical (unpaired) electrons. The van der Waals surface area contributed by atoms with E-state index in [9.17, 15) is 4.79 Å². The molecule has 0 aromatic heterocycles. The van der Waals surface area contributed by atoms with Gasteiger partial charge in [-0.2, -0.15) is 0 Å². The van der Waals surface area contributed by atoms with Crippen LogP contribution in [0.3, 0.4) is 0 Å². The lowest BCUT2D eigenvalue weighted by Crippen LogP contribution is -2.44. The maximum Gasteiger partial charge on any atom is 0.230 e. The summed E-state index contributed by atoms with van der Waals surface area (Å²) in [5.41, 5.74) is 0. The number of nitrogens with one attached hydrogen (secondary N) is 2. The molecule has 1 aliphatic heterocycles. The molecule has 16 heavy (non-hydrogen) atoms. The number of rotatable bonds is 4. The van der Waals surface area contributed by atoms with Gasteiger partial charge in [-0.05, 0) is 19.4 Å². The molecule has 1 fully saturated rings. The lowest BCUT2D eigenvalue weighted by Gasteiger charge is -2.24. The lowest BCUT2D eigenvalue weighted by molar-refractivity contribution is -0.118. The van der Waals surface area contributed by atoms with E-state index in [-0.39, 0.29) is 10.7 Å². The fourth-order valence-corrected chi connectivity index (χ4v) is 2.33. The first-order valence-electron chi connectivity index (χ1n) is 6.11. The Morgan fingerprint density at radius 3 is 2.75 bits per heavy atom. The Hall–Kier alpha value is -0.220. The zero-order valence-electron chi connectivity index (χ0n) is 10.6. The topological polar surface area (TPSA) is 41.1 Å². The molecule has 1 rings (SSSR count). The highest BCUT2D eigenvalue weighted by atomic mass is 32.2. The zero-order chi connectivity index (χ0) is 12.0. The van der Waals surface area contributed by atoms with E-state index in [2.05, 4.69) is 31.4 Å². The van der Waals surface area contributed by atoms with Gasteiger partial charge >= 0.3 is 0 Å². The average molecular weight is 244 g/mol. The van der Waals surface area contributed by atoms with Gasteiger partial charge in [-0.15, -0.1) is 11.8 Å². The second-order valence-electron chi connectivity index (χ2n) is 5.35.